The van der Waals surface area contributed by atoms with E-state index in [4.69, 9.17) is 13.9 Å². The molecule has 0 spiro atoms. The number of hydrogen-bond donors (Lipinski definition) is 2. The van der Waals surface area contributed by atoms with Gasteiger partial charge in [0.05, 0.1) is 12.1 Å². The molecule has 0 radical (unpaired) electrons. The number of aryl methyl sites for hydroxylation is 1. The van der Waals surface area contributed by atoms with Gasteiger partial charge in [-0.3, -0.25) is 9.36 Å². The number of nitrogens with zero attached hydrogens (tertiary/aromatic N) is 4. The molecule has 11 heteroatoms. The Morgan fingerprint density at radius 3 is 2.83 bits per heavy atom. The summed E-state index contributed by atoms with van der Waals surface area (Å²) in [6.45, 7) is 3.85. The maximum Gasteiger partial charge on any atom is 0.268 e. The molecule has 3 aromatic heterocycles. The molecule has 1 aliphatic rings. The Morgan fingerprint density at radius 2 is 2.05 bits per heavy atom. The topological polar surface area (TPSA) is 116 Å². The number of ether oxygens (including phenoxy) is 2. The molecule has 6 rings (SSSR count). The Morgan fingerprint density at radius 1 is 1.19 bits per heavy atom. The van der Waals surface area contributed by atoms with Gasteiger partial charge in [0.1, 0.15) is 35.1 Å². The highest BCUT2D eigenvalue weighted by Crippen LogP contribution is 2.22. The van der Waals surface area contributed by atoms with E-state index in [9.17, 15) is 9.18 Å². The highest BCUT2D eigenvalue weighted by Gasteiger charge is 2.17. The number of fused-ring (bicyclic) bond motifs is 1. The quantitative estimate of drug-likeness (QED) is 0.264. The lowest BCUT2D eigenvalue weighted by Crippen LogP contribution is -2.25. The second-order valence-corrected chi connectivity index (χ2v) is 9.64. The van der Waals surface area contributed by atoms with E-state index in [1.807, 2.05) is 31.2 Å². The van der Waals surface area contributed by atoms with Gasteiger partial charge in [-0.2, -0.15) is 4.98 Å². The minimum atomic E-state index is -0.553. The van der Waals surface area contributed by atoms with Crippen LogP contribution in [0, 0.1) is 17.8 Å². The first-order chi connectivity index (χ1) is 20.6. The first kappa shape index (κ1) is 27.0. The maximum absolute atomic E-state index is 13.9. The zero-order valence-corrected chi connectivity index (χ0v) is 22.8. The molecule has 0 aliphatic carbocycles. The lowest BCUT2D eigenvalue weighted by molar-refractivity contribution is 0.223. The number of oxazole rings is 1. The molecule has 4 heterocycles. The molecule has 42 heavy (non-hydrogen) atoms. The van der Waals surface area contributed by atoms with Crippen LogP contribution >= 0.6 is 0 Å². The summed E-state index contributed by atoms with van der Waals surface area (Å²) < 4.78 is 32.1. The third kappa shape index (κ3) is 5.94. The third-order valence-electron chi connectivity index (χ3n) is 6.79. The molecule has 5 aromatic rings. The van der Waals surface area contributed by atoms with Crippen LogP contribution < -0.4 is 25.7 Å². The molecule has 212 valence electrons. The lowest BCUT2D eigenvalue weighted by atomic mass is 10.2. The van der Waals surface area contributed by atoms with Gasteiger partial charge in [0.25, 0.3) is 5.56 Å². The molecule has 1 atom stereocenters. The van der Waals surface area contributed by atoms with Crippen LogP contribution in [-0.2, 0) is 13.0 Å². The molecule has 1 aliphatic heterocycles. The Hall–Kier alpha value is -5.21. The van der Waals surface area contributed by atoms with Gasteiger partial charge in [-0.1, -0.05) is 19.1 Å². The highest BCUT2D eigenvalue weighted by molar-refractivity contribution is 5.77. The van der Waals surface area contributed by atoms with Crippen LogP contribution in [0.15, 0.2) is 76.4 Å². The van der Waals surface area contributed by atoms with Crippen LogP contribution in [0.3, 0.4) is 0 Å². The summed E-state index contributed by atoms with van der Waals surface area (Å²) in [5.74, 6) is 3.88. The Bertz CT molecular complexity index is 1830. The molecular weight excluding hydrogens is 539 g/mol. The van der Waals surface area contributed by atoms with Crippen LogP contribution in [0.5, 0.6) is 11.5 Å². The van der Waals surface area contributed by atoms with Crippen LogP contribution in [0.1, 0.15) is 30.4 Å². The second kappa shape index (κ2) is 12.1. The van der Waals surface area contributed by atoms with Crippen molar-refractivity contribution in [2.24, 2.45) is 0 Å². The number of halogens is 1. The first-order valence-electron chi connectivity index (χ1n) is 13.6. The SMILES string of the molecule is CCc1ocnc1Cn1c(=O)c(C#COc2ccccc2F)cc2cnc(Nc3ccc(OC4CCNC4)cc3)nc21. The number of rotatable bonds is 8. The lowest BCUT2D eigenvalue weighted by Gasteiger charge is -2.13. The average Bonchev–Trinajstić information content (AvgIpc) is 3.69. The van der Waals surface area contributed by atoms with Gasteiger partial charge in [-0.05, 0) is 61.4 Å². The van der Waals surface area contributed by atoms with Crippen molar-refractivity contribution in [1.82, 2.24) is 24.8 Å². The number of nitrogens with one attached hydrogen (secondary N) is 2. The van der Waals surface area contributed by atoms with E-state index in [0.717, 1.165) is 30.9 Å². The average molecular weight is 567 g/mol. The molecule has 0 saturated carbocycles. The van der Waals surface area contributed by atoms with Crippen molar-refractivity contribution in [1.29, 1.82) is 0 Å². The van der Waals surface area contributed by atoms with Crippen molar-refractivity contribution >= 4 is 22.7 Å². The van der Waals surface area contributed by atoms with Gasteiger partial charge < -0.3 is 24.5 Å². The minimum absolute atomic E-state index is 0.0320. The fraction of sp³-hybridized carbons (Fsp3) is 0.226. The monoisotopic (exact) mass is 566 g/mol. The largest absolute Gasteiger partial charge is 0.489 e. The van der Waals surface area contributed by atoms with E-state index < -0.39 is 11.4 Å². The molecular formula is C31H27FN6O4. The summed E-state index contributed by atoms with van der Waals surface area (Å²) in [7, 11) is 0. The van der Waals surface area contributed by atoms with E-state index in [1.54, 1.807) is 24.4 Å². The summed E-state index contributed by atoms with van der Waals surface area (Å²) in [6.07, 6.45) is 7.16. The van der Waals surface area contributed by atoms with Crippen molar-refractivity contribution in [2.45, 2.75) is 32.4 Å². The van der Waals surface area contributed by atoms with E-state index >= 15 is 0 Å². The maximum atomic E-state index is 13.9. The predicted octanol–water partition coefficient (Wildman–Crippen LogP) is 4.40. The molecule has 0 bridgehead atoms. The van der Waals surface area contributed by atoms with Gasteiger partial charge in [-0.25, -0.2) is 14.4 Å². The molecule has 2 aromatic carbocycles. The van der Waals surface area contributed by atoms with Gasteiger partial charge in [0.2, 0.25) is 5.95 Å². The minimum Gasteiger partial charge on any atom is -0.489 e. The van der Waals surface area contributed by atoms with Crippen LogP contribution in [0.25, 0.3) is 11.0 Å². The number of hydrogen-bond acceptors (Lipinski definition) is 9. The fourth-order valence-corrected chi connectivity index (χ4v) is 4.65. The molecule has 1 fully saturated rings. The van der Waals surface area contributed by atoms with Crippen molar-refractivity contribution < 1.29 is 18.3 Å². The summed E-state index contributed by atoms with van der Waals surface area (Å²) in [6, 6.07) is 15.0. The summed E-state index contributed by atoms with van der Waals surface area (Å²) in [5.41, 5.74) is 1.48. The van der Waals surface area contributed by atoms with Gasteiger partial charge in [0.15, 0.2) is 18.0 Å². The zero-order valence-electron chi connectivity index (χ0n) is 22.8. The Kier molecular flexibility index (Phi) is 7.79. The van der Waals surface area contributed by atoms with Crippen LogP contribution in [0.2, 0.25) is 0 Å². The van der Waals surface area contributed by atoms with Gasteiger partial charge >= 0.3 is 0 Å². The molecule has 10 nitrogen and oxygen atoms in total. The normalized spacial score (nSPS) is 14.4. The number of anilines is 2. The van der Waals surface area contributed by atoms with E-state index in [-0.39, 0.29) is 24.0 Å². The molecule has 1 unspecified atom stereocenters. The van der Waals surface area contributed by atoms with Crippen molar-refractivity contribution in [2.75, 3.05) is 18.4 Å². The third-order valence-corrected chi connectivity index (χ3v) is 6.79. The Balaban J connectivity index is 1.32. The summed E-state index contributed by atoms with van der Waals surface area (Å²) in [5, 5.41) is 7.06. The van der Waals surface area contributed by atoms with E-state index in [1.165, 1.54) is 23.1 Å². The van der Waals surface area contributed by atoms with Crippen molar-refractivity contribution in [3.63, 3.8) is 0 Å². The number of benzene rings is 2. The summed E-state index contributed by atoms with van der Waals surface area (Å²) in [4.78, 5) is 27.1. The number of para-hydroxylation sites is 1. The van der Waals surface area contributed by atoms with Gasteiger partial charge in [-0.15, -0.1) is 0 Å². The van der Waals surface area contributed by atoms with E-state index in [2.05, 4.69) is 37.6 Å². The highest BCUT2D eigenvalue weighted by atomic mass is 19.1. The standard InChI is InChI=1S/C31H27FN6O4/c1-2-27-26(35-19-41-27)18-38-29-21(15-20(30(38)39)12-14-40-28-6-4-3-5-25(28)32)16-34-31(37-29)36-22-7-9-23(10-8-22)42-24-11-13-33-17-24/h3-10,15-16,19,24,33H,2,11,13,17-18H2,1H3,(H,34,36,37). The fourth-order valence-electron chi connectivity index (χ4n) is 4.65. The van der Waals surface area contributed by atoms with E-state index in [0.29, 0.717) is 34.9 Å². The zero-order chi connectivity index (χ0) is 28.9. The van der Waals surface area contributed by atoms with Crippen LogP contribution in [-0.4, -0.2) is 38.7 Å². The second-order valence-electron chi connectivity index (χ2n) is 9.64. The van der Waals surface area contributed by atoms with Crippen LogP contribution in [0.4, 0.5) is 16.0 Å². The molecule has 1 saturated heterocycles. The Labute approximate surface area is 240 Å². The molecule has 2 N–H and O–H groups in total. The smallest absolute Gasteiger partial charge is 0.268 e. The van der Waals surface area contributed by atoms with Crippen molar-refractivity contribution in [3.05, 3.63) is 100 Å². The molecule has 0 amide bonds. The summed E-state index contributed by atoms with van der Waals surface area (Å²) >= 11 is 0. The number of pyridine rings is 1. The number of aromatic nitrogens is 4. The predicted molar refractivity (Wildman–Crippen MR) is 154 cm³/mol. The first-order valence-corrected chi connectivity index (χ1v) is 13.6. The van der Waals surface area contributed by atoms with Crippen molar-refractivity contribution in [3.8, 4) is 23.5 Å². The van der Waals surface area contributed by atoms with Gasteiger partial charge in [0, 0.05) is 30.2 Å².